The van der Waals surface area contributed by atoms with Crippen molar-refractivity contribution in [1.29, 1.82) is 0 Å². The Morgan fingerprint density at radius 3 is 2.82 bits per heavy atom. The summed E-state index contributed by atoms with van der Waals surface area (Å²) in [6.07, 6.45) is 2.60. The summed E-state index contributed by atoms with van der Waals surface area (Å²) in [6, 6.07) is 10.3. The summed E-state index contributed by atoms with van der Waals surface area (Å²) in [4.78, 5) is 10.5. The van der Waals surface area contributed by atoms with Crippen molar-refractivity contribution < 1.29 is 4.39 Å². The van der Waals surface area contributed by atoms with Crippen molar-refractivity contribution in [2.75, 3.05) is 19.6 Å². The van der Waals surface area contributed by atoms with Gasteiger partial charge in [-0.2, -0.15) is 0 Å². The van der Waals surface area contributed by atoms with Gasteiger partial charge in [0.2, 0.25) is 0 Å². The minimum absolute atomic E-state index is 0.0134. The zero-order chi connectivity index (χ0) is 20.1. The van der Waals surface area contributed by atoms with Crippen LogP contribution < -0.4 is 11.1 Å². The highest BCUT2D eigenvalue weighted by Crippen LogP contribution is 2.20. The molecule has 3 rings (SSSR count). The van der Waals surface area contributed by atoms with Crippen LogP contribution in [0, 0.1) is 12.8 Å². The van der Waals surface area contributed by atoms with Crippen LogP contribution in [0.4, 0.5) is 4.39 Å². The van der Waals surface area contributed by atoms with Gasteiger partial charge in [-0.3, -0.25) is 4.90 Å². The zero-order valence-corrected chi connectivity index (χ0v) is 16.6. The van der Waals surface area contributed by atoms with E-state index < -0.39 is 5.83 Å². The second-order valence-corrected chi connectivity index (χ2v) is 7.47. The van der Waals surface area contributed by atoms with Crippen LogP contribution >= 0.6 is 0 Å². The van der Waals surface area contributed by atoms with E-state index in [0.717, 1.165) is 26.1 Å². The van der Waals surface area contributed by atoms with E-state index in [-0.39, 0.29) is 11.5 Å². The highest BCUT2D eigenvalue weighted by Gasteiger charge is 2.18. The van der Waals surface area contributed by atoms with Gasteiger partial charge in [0.05, 0.1) is 11.4 Å². The van der Waals surface area contributed by atoms with Crippen LogP contribution in [0.1, 0.15) is 29.6 Å². The van der Waals surface area contributed by atoms with Gasteiger partial charge in [0.25, 0.3) is 0 Å². The number of nitrogens with one attached hydrogen (secondary N) is 1. The molecule has 148 valence electrons. The summed E-state index contributed by atoms with van der Waals surface area (Å²) in [5, 5.41) is 3.16. The van der Waals surface area contributed by atoms with E-state index >= 15 is 0 Å². The normalized spacial score (nSPS) is 16.1. The molecule has 6 heteroatoms. The van der Waals surface area contributed by atoms with E-state index in [0.29, 0.717) is 23.9 Å². The lowest BCUT2D eigenvalue weighted by molar-refractivity contribution is 0.219. The Labute approximate surface area is 166 Å². The monoisotopic (exact) mass is 381 g/mol. The molecule has 5 nitrogen and oxygen atoms in total. The molecule has 0 spiro atoms. The quantitative estimate of drug-likeness (QED) is 0.721. The number of hydrogen-bond acceptors (Lipinski definition) is 5. The van der Waals surface area contributed by atoms with Crippen LogP contribution in [-0.4, -0.2) is 34.5 Å². The molecule has 2 heterocycles. The average Bonchev–Trinajstić information content (AvgIpc) is 2.70. The Morgan fingerprint density at radius 1 is 1.32 bits per heavy atom. The van der Waals surface area contributed by atoms with Crippen LogP contribution in [-0.2, 0) is 13.0 Å². The van der Waals surface area contributed by atoms with Crippen molar-refractivity contribution >= 4 is 5.83 Å². The Bertz CT molecular complexity index is 877. The summed E-state index contributed by atoms with van der Waals surface area (Å²) in [6.45, 7) is 11.5. The Hall–Kier alpha value is -2.73. The van der Waals surface area contributed by atoms with E-state index in [1.165, 1.54) is 17.3 Å². The lowest BCUT2D eigenvalue weighted by Gasteiger charge is -2.31. The summed E-state index contributed by atoms with van der Waals surface area (Å²) in [5.41, 5.74) is 9.77. The van der Waals surface area contributed by atoms with Crippen molar-refractivity contribution in [3.8, 4) is 0 Å². The molecule has 0 radical (unpaired) electrons. The standard InChI is InChI=1S/C22H28FN5/c1-15(13-28-11-9-18-6-4-5-7-19(18)14-28)12-26-17(3)21(24)20(23)22-25-10-8-16(2)27-22/h4-8,10,15,26H,3,9,11-14,24H2,1-2H3. The van der Waals surface area contributed by atoms with Crippen molar-refractivity contribution in [3.05, 3.63) is 77.1 Å². The van der Waals surface area contributed by atoms with Gasteiger partial charge in [-0.25, -0.2) is 14.4 Å². The molecule has 0 amide bonds. The maximum Gasteiger partial charge on any atom is 0.192 e. The van der Waals surface area contributed by atoms with Gasteiger partial charge in [-0.15, -0.1) is 0 Å². The van der Waals surface area contributed by atoms with Crippen molar-refractivity contribution in [2.45, 2.75) is 26.8 Å². The summed E-state index contributed by atoms with van der Waals surface area (Å²) in [7, 11) is 0. The molecule has 0 fully saturated rings. The van der Waals surface area contributed by atoms with Crippen LogP contribution in [0.3, 0.4) is 0 Å². The minimum atomic E-state index is -0.651. The van der Waals surface area contributed by atoms with Crippen molar-refractivity contribution in [3.63, 3.8) is 0 Å². The van der Waals surface area contributed by atoms with Gasteiger partial charge in [-0.1, -0.05) is 37.8 Å². The van der Waals surface area contributed by atoms with Gasteiger partial charge in [0.15, 0.2) is 11.7 Å². The molecular formula is C22H28FN5. The van der Waals surface area contributed by atoms with Crippen molar-refractivity contribution in [2.24, 2.45) is 11.7 Å². The second kappa shape index (κ2) is 8.97. The fourth-order valence-corrected chi connectivity index (χ4v) is 3.42. The maximum absolute atomic E-state index is 14.5. The van der Waals surface area contributed by atoms with Gasteiger partial charge in [0.1, 0.15) is 0 Å². The van der Waals surface area contributed by atoms with Crippen LogP contribution in [0.25, 0.3) is 5.83 Å². The van der Waals surface area contributed by atoms with Crippen LogP contribution in [0.5, 0.6) is 0 Å². The number of benzene rings is 1. The number of fused-ring (bicyclic) bond motifs is 1. The largest absolute Gasteiger partial charge is 0.395 e. The number of halogens is 1. The number of nitrogens with zero attached hydrogens (tertiary/aromatic N) is 3. The lowest BCUT2D eigenvalue weighted by Crippen LogP contribution is -2.37. The molecule has 1 aliphatic rings. The molecule has 1 unspecified atom stereocenters. The molecular weight excluding hydrogens is 353 g/mol. The number of aryl methyl sites for hydroxylation is 1. The predicted molar refractivity (Wildman–Crippen MR) is 111 cm³/mol. The molecule has 0 aliphatic carbocycles. The molecule has 1 aromatic carbocycles. The van der Waals surface area contributed by atoms with Gasteiger partial charge >= 0.3 is 0 Å². The van der Waals surface area contributed by atoms with Gasteiger partial charge < -0.3 is 11.1 Å². The molecule has 1 aromatic heterocycles. The lowest BCUT2D eigenvalue weighted by atomic mass is 9.99. The summed E-state index contributed by atoms with van der Waals surface area (Å²) < 4.78 is 14.5. The number of rotatable bonds is 7. The fourth-order valence-electron chi connectivity index (χ4n) is 3.42. The average molecular weight is 381 g/mol. The van der Waals surface area contributed by atoms with Gasteiger partial charge in [-0.05, 0) is 36.5 Å². The summed E-state index contributed by atoms with van der Waals surface area (Å²) >= 11 is 0. The predicted octanol–water partition coefficient (Wildman–Crippen LogP) is 3.18. The number of aromatic nitrogens is 2. The first-order chi connectivity index (χ1) is 13.4. The Morgan fingerprint density at radius 2 is 2.07 bits per heavy atom. The van der Waals surface area contributed by atoms with Crippen LogP contribution in [0.15, 0.2) is 54.5 Å². The van der Waals surface area contributed by atoms with E-state index in [1.54, 1.807) is 13.0 Å². The molecule has 0 saturated carbocycles. The summed E-state index contributed by atoms with van der Waals surface area (Å²) in [5.74, 6) is -0.296. The zero-order valence-electron chi connectivity index (χ0n) is 16.6. The molecule has 3 N–H and O–H groups in total. The first kappa shape index (κ1) is 20.0. The van der Waals surface area contributed by atoms with Crippen molar-refractivity contribution in [1.82, 2.24) is 20.2 Å². The minimum Gasteiger partial charge on any atom is -0.395 e. The van der Waals surface area contributed by atoms with E-state index in [1.807, 2.05) is 0 Å². The van der Waals surface area contributed by atoms with E-state index in [9.17, 15) is 4.39 Å². The third kappa shape index (κ3) is 4.95. The molecule has 1 aliphatic heterocycles. The third-order valence-electron chi connectivity index (χ3n) is 5.00. The Kier molecular flexibility index (Phi) is 6.41. The topological polar surface area (TPSA) is 67.1 Å². The first-order valence-electron chi connectivity index (χ1n) is 9.61. The second-order valence-electron chi connectivity index (χ2n) is 7.47. The molecule has 1 atom stereocenters. The van der Waals surface area contributed by atoms with Gasteiger partial charge in [0, 0.05) is 38.1 Å². The number of hydrogen-bond donors (Lipinski definition) is 2. The SMILES string of the molecule is C=C(NCC(C)CN1CCc2ccccc2C1)C(N)=C(F)c1nccc(C)n1. The highest BCUT2D eigenvalue weighted by atomic mass is 19.1. The maximum atomic E-state index is 14.5. The first-order valence-corrected chi connectivity index (χ1v) is 9.61. The van der Waals surface area contributed by atoms with Crippen LogP contribution in [0.2, 0.25) is 0 Å². The third-order valence-corrected chi connectivity index (χ3v) is 5.00. The molecule has 2 aromatic rings. The fraction of sp³-hybridized carbons (Fsp3) is 0.364. The molecule has 0 saturated heterocycles. The molecule has 28 heavy (non-hydrogen) atoms. The van der Waals surface area contributed by atoms with E-state index in [2.05, 4.69) is 58.0 Å². The molecule has 0 bridgehead atoms. The highest BCUT2D eigenvalue weighted by molar-refractivity contribution is 5.60. The Balaban J connectivity index is 1.52. The number of nitrogens with two attached hydrogens (primary N) is 1. The van der Waals surface area contributed by atoms with E-state index in [4.69, 9.17) is 5.73 Å². The smallest absolute Gasteiger partial charge is 0.192 e.